The van der Waals surface area contributed by atoms with Crippen molar-refractivity contribution in [2.24, 2.45) is 0 Å². The molecule has 108 valence electrons. The zero-order valence-corrected chi connectivity index (χ0v) is 11.6. The minimum atomic E-state index is -1.01. The van der Waals surface area contributed by atoms with Gasteiger partial charge >= 0.3 is 5.97 Å². The number of amides is 1. The minimum Gasteiger partial charge on any atom is -0.494 e. The van der Waals surface area contributed by atoms with Gasteiger partial charge in [-0.1, -0.05) is 0 Å². The molecule has 0 radical (unpaired) electrons. The molecular weight excluding hydrogens is 272 g/mol. The first-order valence-electron chi connectivity index (χ1n) is 6.14. The first-order valence-corrected chi connectivity index (χ1v) is 6.14. The molecule has 2 rings (SSSR count). The normalized spacial score (nSPS) is 10.0. The van der Waals surface area contributed by atoms with Crippen molar-refractivity contribution in [3.63, 3.8) is 0 Å². The maximum Gasteiger partial charge on any atom is 0.335 e. The Labute approximate surface area is 121 Å². The van der Waals surface area contributed by atoms with Crippen LogP contribution in [-0.4, -0.2) is 36.1 Å². The molecule has 1 aromatic carbocycles. The fourth-order valence-corrected chi connectivity index (χ4v) is 1.84. The number of carboxylic acid groups (broad SMARTS) is 1. The molecule has 6 nitrogen and oxygen atoms in total. The van der Waals surface area contributed by atoms with Gasteiger partial charge in [0.1, 0.15) is 5.75 Å². The average Bonchev–Trinajstić information content (AvgIpc) is 2.53. The number of carbonyl (C=O) groups excluding carboxylic acids is 1. The second-order valence-corrected chi connectivity index (χ2v) is 4.29. The highest BCUT2D eigenvalue weighted by molar-refractivity contribution is 6.07. The quantitative estimate of drug-likeness (QED) is 0.930. The van der Waals surface area contributed by atoms with Gasteiger partial charge in [-0.2, -0.15) is 0 Å². The number of hydrogen-bond acceptors (Lipinski definition) is 4. The van der Waals surface area contributed by atoms with Crippen molar-refractivity contribution in [2.45, 2.75) is 0 Å². The zero-order chi connectivity index (χ0) is 15.4. The Morgan fingerprint density at radius 1 is 1.19 bits per heavy atom. The number of methoxy groups -OCH3 is 1. The Kier molecular flexibility index (Phi) is 4.18. The molecule has 0 bridgehead atoms. The maximum absolute atomic E-state index is 12.4. The smallest absolute Gasteiger partial charge is 0.335 e. The predicted octanol–water partition coefficient (Wildman–Crippen LogP) is 2.06. The molecule has 0 fully saturated rings. The lowest BCUT2D eigenvalue weighted by Crippen LogP contribution is -2.26. The Morgan fingerprint density at radius 2 is 1.86 bits per heavy atom. The number of carboxylic acids is 1. The molecule has 0 unspecified atom stereocenters. The Hall–Kier alpha value is -2.89. The number of benzene rings is 1. The summed E-state index contributed by atoms with van der Waals surface area (Å²) < 4.78 is 5.12. The van der Waals surface area contributed by atoms with Gasteiger partial charge in [0.25, 0.3) is 5.91 Å². The molecule has 1 aromatic heterocycles. The summed E-state index contributed by atoms with van der Waals surface area (Å²) >= 11 is 0. The Balaban J connectivity index is 2.28. The van der Waals surface area contributed by atoms with Gasteiger partial charge in [-0.05, 0) is 30.3 Å². The monoisotopic (exact) mass is 286 g/mol. The fourth-order valence-electron chi connectivity index (χ4n) is 1.84. The van der Waals surface area contributed by atoms with Gasteiger partial charge in [0.15, 0.2) is 0 Å². The van der Waals surface area contributed by atoms with Crippen LogP contribution in [0.3, 0.4) is 0 Å². The number of rotatable bonds is 4. The standard InChI is InChI=1S/C15H14N2O4/c1-17(11-5-3-10(4-6-11)15(19)20)14(18)12-7-8-16-9-13(12)21-2/h3-9H,1-2H3,(H,19,20). The van der Waals surface area contributed by atoms with Crippen molar-refractivity contribution >= 4 is 17.6 Å². The van der Waals surface area contributed by atoms with Crippen LogP contribution in [0.25, 0.3) is 0 Å². The molecule has 0 aliphatic carbocycles. The van der Waals surface area contributed by atoms with Crippen LogP contribution in [0.2, 0.25) is 0 Å². The van der Waals surface area contributed by atoms with E-state index in [-0.39, 0.29) is 11.5 Å². The maximum atomic E-state index is 12.4. The van der Waals surface area contributed by atoms with Crippen LogP contribution >= 0.6 is 0 Å². The van der Waals surface area contributed by atoms with E-state index >= 15 is 0 Å². The molecule has 1 N–H and O–H groups in total. The molecule has 2 aromatic rings. The van der Waals surface area contributed by atoms with E-state index in [9.17, 15) is 9.59 Å². The zero-order valence-electron chi connectivity index (χ0n) is 11.6. The third-order valence-corrected chi connectivity index (χ3v) is 3.04. The highest BCUT2D eigenvalue weighted by Gasteiger charge is 2.18. The summed E-state index contributed by atoms with van der Waals surface area (Å²) in [6, 6.07) is 7.63. The van der Waals surface area contributed by atoms with E-state index in [0.29, 0.717) is 17.0 Å². The van der Waals surface area contributed by atoms with Gasteiger partial charge in [-0.15, -0.1) is 0 Å². The first kappa shape index (κ1) is 14.5. The number of pyridine rings is 1. The van der Waals surface area contributed by atoms with E-state index < -0.39 is 5.97 Å². The van der Waals surface area contributed by atoms with Gasteiger partial charge in [-0.3, -0.25) is 9.78 Å². The Bertz CT molecular complexity index is 668. The molecule has 6 heteroatoms. The van der Waals surface area contributed by atoms with Gasteiger partial charge in [0.2, 0.25) is 0 Å². The number of carbonyl (C=O) groups is 2. The summed E-state index contributed by atoms with van der Waals surface area (Å²) in [6.07, 6.45) is 2.98. The third-order valence-electron chi connectivity index (χ3n) is 3.04. The van der Waals surface area contributed by atoms with Gasteiger partial charge in [0, 0.05) is 18.9 Å². The summed E-state index contributed by atoms with van der Waals surface area (Å²) in [5, 5.41) is 8.87. The molecule has 0 spiro atoms. The Morgan fingerprint density at radius 3 is 2.43 bits per heavy atom. The lowest BCUT2D eigenvalue weighted by atomic mass is 10.1. The van der Waals surface area contributed by atoms with Crippen molar-refractivity contribution in [1.29, 1.82) is 0 Å². The van der Waals surface area contributed by atoms with Gasteiger partial charge < -0.3 is 14.7 Å². The van der Waals surface area contributed by atoms with Crippen LogP contribution in [0, 0.1) is 0 Å². The number of anilines is 1. The van der Waals surface area contributed by atoms with Crippen LogP contribution < -0.4 is 9.64 Å². The molecular formula is C15H14N2O4. The molecule has 0 aliphatic heterocycles. The van der Waals surface area contributed by atoms with Crippen LogP contribution in [0.5, 0.6) is 5.75 Å². The molecule has 0 saturated heterocycles. The highest BCUT2D eigenvalue weighted by atomic mass is 16.5. The van der Waals surface area contributed by atoms with Crippen LogP contribution in [0.15, 0.2) is 42.7 Å². The molecule has 0 atom stereocenters. The number of aromatic nitrogens is 1. The lowest BCUT2D eigenvalue weighted by molar-refractivity contribution is 0.0696. The number of ether oxygens (including phenoxy) is 1. The summed E-state index contributed by atoms with van der Waals surface area (Å²) in [5.41, 5.74) is 1.14. The van der Waals surface area contributed by atoms with E-state index in [1.807, 2.05) is 0 Å². The molecule has 1 amide bonds. The van der Waals surface area contributed by atoms with Crippen molar-refractivity contribution in [3.8, 4) is 5.75 Å². The lowest BCUT2D eigenvalue weighted by Gasteiger charge is -2.18. The molecule has 0 saturated carbocycles. The van der Waals surface area contributed by atoms with E-state index in [2.05, 4.69) is 4.98 Å². The van der Waals surface area contributed by atoms with Crippen LogP contribution in [0.1, 0.15) is 20.7 Å². The number of nitrogens with zero attached hydrogens (tertiary/aromatic N) is 2. The summed E-state index contributed by atoms with van der Waals surface area (Å²) in [7, 11) is 3.08. The predicted molar refractivity (Wildman–Crippen MR) is 76.9 cm³/mol. The largest absolute Gasteiger partial charge is 0.494 e. The SMILES string of the molecule is COc1cnccc1C(=O)N(C)c1ccc(C(=O)O)cc1. The first-order chi connectivity index (χ1) is 10.0. The van der Waals surface area contributed by atoms with E-state index in [0.717, 1.165) is 0 Å². The minimum absolute atomic E-state index is 0.168. The topological polar surface area (TPSA) is 79.7 Å². The van der Waals surface area contributed by atoms with Gasteiger partial charge in [0.05, 0.1) is 24.4 Å². The number of aromatic carboxylic acids is 1. The van der Waals surface area contributed by atoms with Gasteiger partial charge in [-0.25, -0.2) is 4.79 Å². The highest BCUT2D eigenvalue weighted by Crippen LogP contribution is 2.21. The van der Waals surface area contributed by atoms with Crippen molar-refractivity contribution < 1.29 is 19.4 Å². The third kappa shape index (κ3) is 3.00. The fraction of sp³-hybridized carbons (Fsp3) is 0.133. The summed E-state index contributed by atoms with van der Waals surface area (Å²) in [6.45, 7) is 0. The summed E-state index contributed by atoms with van der Waals surface area (Å²) in [5.74, 6) is -0.889. The van der Waals surface area contributed by atoms with Crippen LogP contribution in [0.4, 0.5) is 5.69 Å². The average molecular weight is 286 g/mol. The van der Waals surface area contributed by atoms with E-state index in [1.165, 1.54) is 36.5 Å². The molecule has 21 heavy (non-hydrogen) atoms. The van der Waals surface area contributed by atoms with Crippen molar-refractivity contribution in [1.82, 2.24) is 4.98 Å². The second kappa shape index (κ2) is 6.04. The molecule has 1 heterocycles. The summed E-state index contributed by atoms with van der Waals surface area (Å²) in [4.78, 5) is 28.6. The van der Waals surface area contributed by atoms with Crippen molar-refractivity contribution in [3.05, 3.63) is 53.9 Å². The number of hydrogen-bond donors (Lipinski definition) is 1. The molecule has 0 aliphatic rings. The van der Waals surface area contributed by atoms with Crippen LogP contribution in [-0.2, 0) is 0 Å². The van der Waals surface area contributed by atoms with Crippen molar-refractivity contribution in [2.75, 3.05) is 19.1 Å². The van der Waals surface area contributed by atoms with E-state index in [4.69, 9.17) is 9.84 Å². The van der Waals surface area contributed by atoms with E-state index in [1.54, 1.807) is 25.2 Å². The second-order valence-electron chi connectivity index (χ2n) is 4.29.